The topological polar surface area (TPSA) is 24.9 Å². The van der Waals surface area contributed by atoms with E-state index in [2.05, 4.69) is 49.5 Å². The summed E-state index contributed by atoms with van der Waals surface area (Å²) in [4.78, 5) is 2.51. The molecule has 0 bridgehead atoms. The van der Waals surface area contributed by atoms with Crippen molar-refractivity contribution in [1.82, 2.24) is 9.47 Å². The van der Waals surface area contributed by atoms with Gasteiger partial charge in [0.05, 0.1) is 0 Å². The fourth-order valence-corrected chi connectivity index (χ4v) is 5.44. The molecule has 0 aliphatic heterocycles. The highest BCUT2D eigenvalue weighted by atomic mass is 28.4. The Balaban J connectivity index is 4.39. The fraction of sp³-hybridized carbons (Fsp3) is 1.00. The summed E-state index contributed by atoms with van der Waals surface area (Å²) in [5, 5.41) is 0. The average molecular weight is 335 g/mol. The molecule has 4 nitrogen and oxygen atoms in total. The molecule has 0 unspecified atom stereocenters. The quantitative estimate of drug-likeness (QED) is 0.512. The smallest absolute Gasteiger partial charge is 0.334 e. The van der Waals surface area contributed by atoms with Crippen LogP contribution in [0.1, 0.15) is 20.3 Å². The molecule has 0 saturated heterocycles. The summed E-state index contributed by atoms with van der Waals surface area (Å²) >= 11 is 0. The van der Waals surface area contributed by atoms with E-state index in [1.165, 1.54) is 26.1 Å². The van der Waals surface area contributed by atoms with Crippen LogP contribution in [-0.4, -0.2) is 73.2 Å². The first-order valence-electron chi connectivity index (χ1n) is 8.30. The number of likely N-dealkylation sites (N-methyl/N-ethyl adjacent to an activating group) is 1. The van der Waals surface area contributed by atoms with Crippen LogP contribution in [-0.2, 0) is 8.85 Å². The summed E-state index contributed by atoms with van der Waals surface area (Å²) in [5.41, 5.74) is 0. The Hall–Kier alpha value is 0.274. The molecule has 0 aromatic heterocycles. The van der Waals surface area contributed by atoms with Gasteiger partial charge in [0.15, 0.2) is 0 Å². The van der Waals surface area contributed by atoms with Gasteiger partial charge in [-0.1, -0.05) is 33.5 Å². The van der Waals surface area contributed by atoms with Gasteiger partial charge in [-0.15, -0.1) is 0 Å². The molecule has 0 aliphatic rings. The second kappa shape index (κ2) is 10.1. The zero-order chi connectivity index (χ0) is 16.5. The highest BCUT2D eigenvalue weighted by molar-refractivity contribution is 6.73. The highest BCUT2D eigenvalue weighted by Crippen LogP contribution is 2.17. The summed E-state index contributed by atoms with van der Waals surface area (Å²) in [7, 11) is 0.409. The Labute approximate surface area is 135 Å². The van der Waals surface area contributed by atoms with Crippen LogP contribution >= 0.6 is 0 Å². The molecule has 0 aromatic rings. The van der Waals surface area contributed by atoms with Crippen LogP contribution in [0.15, 0.2) is 0 Å². The van der Waals surface area contributed by atoms with Crippen LogP contribution in [0, 0.1) is 0 Å². The molecule has 0 radical (unpaired) electrons. The molecule has 21 heavy (non-hydrogen) atoms. The van der Waals surface area contributed by atoms with E-state index >= 15 is 0 Å². The van der Waals surface area contributed by atoms with E-state index in [4.69, 9.17) is 8.85 Å². The molecule has 6 heteroatoms. The summed E-state index contributed by atoms with van der Waals surface area (Å²) in [6.07, 6.45) is 1.17. The van der Waals surface area contributed by atoms with Gasteiger partial charge in [-0.05, 0) is 38.6 Å². The van der Waals surface area contributed by atoms with E-state index in [0.717, 1.165) is 19.1 Å². The lowest BCUT2D eigenvalue weighted by Crippen LogP contribution is -2.50. The standard InChI is InChI=1S/C15H38N2O2Si2/c1-9-16(10-2)13-14-17(20(5,6)7)12-11-15-21(8,18-3)19-4/h9-15H2,1-8H3. The number of nitrogens with zero attached hydrogens (tertiary/aromatic N) is 2. The van der Waals surface area contributed by atoms with Crippen molar-refractivity contribution in [1.29, 1.82) is 0 Å². The molecule has 0 rings (SSSR count). The molecule has 0 amide bonds. The summed E-state index contributed by atoms with van der Waals surface area (Å²) in [5.74, 6) is 0. The molecule has 0 fully saturated rings. The van der Waals surface area contributed by atoms with Crippen LogP contribution in [0.2, 0.25) is 32.2 Å². The molecular weight excluding hydrogens is 296 g/mol. The molecule has 128 valence electrons. The van der Waals surface area contributed by atoms with Gasteiger partial charge in [-0.3, -0.25) is 0 Å². The summed E-state index contributed by atoms with van der Waals surface area (Å²) in [6.45, 7) is 19.8. The normalized spacial score (nSPS) is 13.4. The number of hydrogen-bond acceptors (Lipinski definition) is 4. The second-order valence-electron chi connectivity index (χ2n) is 6.83. The van der Waals surface area contributed by atoms with Crippen molar-refractivity contribution in [3.05, 3.63) is 0 Å². The van der Waals surface area contributed by atoms with Crippen molar-refractivity contribution in [2.24, 2.45) is 0 Å². The van der Waals surface area contributed by atoms with E-state index in [0.29, 0.717) is 0 Å². The third-order valence-corrected chi connectivity index (χ3v) is 9.79. The van der Waals surface area contributed by atoms with E-state index in [9.17, 15) is 0 Å². The SMILES string of the molecule is CCN(CC)CCN(CCC[Si](C)(OC)OC)[Si](C)(C)C. The molecular formula is C15H38N2O2Si2. The highest BCUT2D eigenvalue weighted by Gasteiger charge is 2.29. The first-order chi connectivity index (χ1) is 9.72. The third-order valence-electron chi connectivity index (χ3n) is 4.45. The van der Waals surface area contributed by atoms with E-state index in [1.54, 1.807) is 14.2 Å². The minimum Gasteiger partial charge on any atom is -0.398 e. The maximum absolute atomic E-state index is 5.59. The van der Waals surface area contributed by atoms with E-state index in [1.807, 2.05) is 0 Å². The molecule has 0 saturated carbocycles. The van der Waals surface area contributed by atoms with Crippen LogP contribution < -0.4 is 0 Å². The van der Waals surface area contributed by atoms with Crippen molar-refractivity contribution in [2.45, 2.75) is 52.5 Å². The second-order valence-corrected chi connectivity index (χ2v) is 15.4. The first-order valence-corrected chi connectivity index (χ1v) is 14.3. The van der Waals surface area contributed by atoms with Crippen LogP contribution in [0.4, 0.5) is 0 Å². The summed E-state index contributed by atoms with van der Waals surface area (Å²) in [6, 6.07) is 1.08. The first kappa shape index (κ1) is 21.3. The molecule has 0 heterocycles. The Morgan fingerprint density at radius 1 is 0.810 bits per heavy atom. The third kappa shape index (κ3) is 8.47. The van der Waals surface area contributed by atoms with Gasteiger partial charge in [0, 0.05) is 27.3 Å². The molecule has 0 N–H and O–H groups in total. The van der Waals surface area contributed by atoms with Gasteiger partial charge in [-0.2, -0.15) is 0 Å². The van der Waals surface area contributed by atoms with Crippen LogP contribution in [0.3, 0.4) is 0 Å². The average Bonchev–Trinajstić information content (AvgIpc) is 2.44. The van der Waals surface area contributed by atoms with Gasteiger partial charge >= 0.3 is 8.56 Å². The van der Waals surface area contributed by atoms with Crippen molar-refractivity contribution in [3.63, 3.8) is 0 Å². The van der Waals surface area contributed by atoms with Crippen molar-refractivity contribution < 1.29 is 8.85 Å². The van der Waals surface area contributed by atoms with Gasteiger partial charge in [-0.25, -0.2) is 0 Å². The molecule has 0 aliphatic carbocycles. The predicted octanol–water partition coefficient (Wildman–Crippen LogP) is 3.22. The van der Waals surface area contributed by atoms with Crippen LogP contribution in [0.25, 0.3) is 0 Å². The van der Waals surface area contributed by atoms with Crippen molar-refractivity contribution >= 4 is 16.8 Å². The Morgan fingerprint density at radius 2 is 1.33 bits per heavy atom. The molecule has 0 atom stereocenters. The lowest BCUT2D eigenvalue weighted by Gasteiger charge is -2.36. The van der Waals surface area contributed by atoms with Crippen molar-refractivity contribution in [3.8, 4) is 0 Å². The minimum atomic E-state index is -1.90. The van der Waals surface area contributed by atoms with E-state index < -0.39 is 16.8 Å². The fourth-order valence-electron chi connectivity index (χ4n) is 2.46. The number of rotatable bonds is 12. The molecule has 0 aromatic carbocycles. The predicted molar refractivity (Wildman–Crippen MR) is 97.8 cm³/mol. The van der Waals surface area contributed by atoms with Crippen molar-refractivity contribution in [2.75, 3.05) is 46.9 Å². The lowest BCUT2D eigenvalue weighted by molar-refractivity contribution is 0.243. The largest absolute Gasteiger partial charge is 0.398 e. The Bertz CT molecular complexity index is 265. The lowest BCUT2D eigenvalue weighted by atomic mass is 10.4. The molecule has 0 spiro atoms. The van der Waals surface area contributed by atoms with Gasteiger partial charge in [0.1, 0.15) is 8.24 Å². The maximum atomic E-state index is 5.59. The zero-order valence-corrected chi connectivity index (χ0v) is 17.7. The maximum Gasteiger partial charge on any atom is 0.334 e. The van der Waals surface area contributed by atoms with Gasteiger partial charge in [0.25, 0.3) is 0 Å². The van der Waals surface area contributed by atoms with Crippen LogP contribution in [0.5, 0.6) is 0 Å². The Kier molecular flexibility index (Phi) is 10.3. The zero-order valence-electron chi connectivity index (χ0n) is 15.7. The van der Waals surface area contributed by atoms with Gasteiger partial charge < -0.3 is 18.3 Å². The van der Waals surface area contributed by atoms with Gasteiger partial charge in [0.2, 0.25) is 0 Å². The Morgan fingerprint density at radius 3 is 1.71 bits per heavy atom. The summed E-state index contributed by atoms with van der Waals surface area (Å²) < 4.78 is 13.9. The monoisotopic (exact) mass is 334 g/mol. The minimum absolute atomic E-state index is 1.08. The number of hydrogen-bond donors (Lipinski definition) is 0. The van der Waals surface area contributed by atoms with E-state index in [-0.39, 0.29) is 0 Å².